The summed E-state index contributed by atoms with van der Waals surface area (Å²) in [6.07, 6.45) is 0.713. The normalized spacial score (nSPS) is 11.3. The molecule has 1 aromatic heterocycles. The van der Waals surface area contributed by atoms with Gasteiger partial charge in [0.1, 0.15) is 5.75 Å². The summed E-state index contributed by atoms with van der Waals surface area (Å²) >= 11 is 0. The molecular formula is C22H25N3O3. The van der Waals surface area contributed by atoms with Gasteiger partial charge in [-0.25, -0.2) is 0 Å². The number of benzene rings is 2. The van der Waals surface area contributed by atoms with Crippen LogP contribution in [0.2, 0.25) is 0 Å². The lowest BCUT2D eigenvalue weighted by Gasteiger charge is -2.13. The second-order valence-corrected chi connectivity index (χ2v) is 7.86. The van der Waals surface area contributed by atoms with Crippen LogP contribution in [0.3, 0.4) is 0 Å². The maximum absolute atomic E-state index is 12.4. The zero-order valence-corrected chi connectivity index (χ0v) is 16.7. The number of methoxy groups -OCH3 is 1. The van der Waals surface area contributed by atoms with Crippen LogP contribution in [0, 0.1) is 5.41 Å². The van der Waals surface area contributed by atoms with E-state index in [0.29, 0.717) is 30.2 Å². The number of carbonyl (C=O) groups is 1. The van der Waals surface area contributed by atoms with Gasteiger partial charge in [-0.2, -0.15) is 4.98 Å². The smallest absolute Gasteiger partial charge is 0.251 e. The number of amides is 1. The Labute approximate surface area is 164 Å². The summed E-state index contributed by atoms with van der Waals surface area (Å²) < 4.78 is 10.5. The predicted molar refractivity (Wildman–Crippen MR) is 107 cm³/mol. The molecule has 28 heavy (non-hydrogen) atoms. The van der Waals surface area contributed by atoms with Gasteiger partial charge in [-0.15, -0.1) is 0 Å². The van der Waals surface area contributed by atoms with Crippen LogP contribution >= 0.6 is 0 Å². The van der Waals surface area contributed by atoms with Crippen LogP contribution in [0.5, 0.6) is 5.75 Å². The molecule has 0 spiro atoms. The lowest BCUT2D eigenvalue weighted by molar-refractivity contribution is 0.0951. The molecule has 3 rings (SSSR count). The number of rotatable bonds is 6. The molecule has 1 N–H and O–H groups in total. The quantitative estimate of drug-likeness (QED) is 0.692. The van der Waals surface area contributed by atoms with E-state index in [0.717, 1.165) is 16.9 Å². The number of nitrogens with zero attached hydrogens (tertiary/aromatic N) is 2. The molecule has 2 aromatic carbocycles. The topological polar surface area (TPSA) is 77.2 Å². The maximum Gasteiger partial charge on any atom is 0.251 e. The van der Waals surface area contributed by atoms with Crippen molar-refractivity contribution in [2.24, 2.45) is 5.41 Å². The van der Waals surface area contributed by atoms with Crippen LogP contribution in [0.15, 0.2) is 53.1 Å². The average Bonchev–Trinajstić information content (AvgIpc) is 3.13. The minimum atomic E-state index is -0.143. The Kier molecular flexibility index (Phi) is 5.78. The van der Waals surface area contributed by atoms with E-state index >= 15 is 0 Å². The highest BCUT2D eigenvalue weighted by molar-refractivity contribution is 5.94. The Morgan fingerprint density at radius 3 is 2.57 bits per heavy atom. The largest absolute Gasteiger partial charge is 0.497 e. The van der Waals surface area contributed by atoms with Crippen molar-refractivity contribution in [2.45, 2.75) is 33.7 Å². The van der Waals surface area contributed by atoms with Crippen molar-refractivity contribution in [2.75, 3.05) is 7.11 Å². The molecule has 6 heteroatoms. The minimum Gasteiger partial charge on any atom is -0.497 e. The van der Waals surface area contributed by atoms with Crippen LogP contribution in [0.4, 0.5) is 0 Å². The van der Waals surface area contributed by atoms with Crippen molar-refractivity contribution >= 4 is 5.91 Å². The van der Waals surface area contributed by atoms with E-state index in [1.165, 1.54) is 0 Å². The van der Waals surface area contributed by atoms with Gasteiger partial charge in [-0.3, -0.25) is 4.79 Å². The fraction of sp³-hybridized carbons (Fsp3) is 0.318. The Balaban J connectivity index is 1.62. The van der Waals surface area contributed by atoms with Crippen molar-refractivity contribution in [3.8, 4) is 17.1 Å². The molecule has 0 bridgehead atoms. The Hall–Kier alpha value is -3.15. The fourth-order valence-electron chi connectivity index (χ4n) is 2.74. The molecule has 0 fully saturated rings. The van der Waals surface area contributed by atoms with Gasteiger partial charge in [-0.1, -0.05) is 50.2 Å². The first-order valence-corrected chi connectivity index (χ1v) is 9.18. The molecule has 0 atom stereocenters. The molecule has 0 unspecified atom stereocenters. The van der Waals surface area contributed by atoms with Crippen molar-refractivity contribution in [3.05, 3.63) is 65.5 Å². The third-order valence-electron chi connectivity index (χ3n) is 4.14. The zero-order valence-electron chi connectivity index (χ0n) is 16.7. The van der Waals surface area contributed by atoms with Gasteiger partial charge < -0.3 is 14.6 Å². The van der Waals surface area contributed by atoms with Gasteiger partial charge in [-0.05, 0) is 35.2 Å². The lowest BCUT2D eigenvalue weighted by atomic mass is 9.92. The maximum atomic E-state index is 12.4. The molecule has 0 radical (unpaired) electrons. The van der Waals surface area contributed by atoms with E-state index in [1.54, 1.807) is 19.2 Å². The molecule has 146 valence electrons. The van der Waals surface area contributed by atoms with E-state index in [9.17, 15) is 4.79 Å². The number of hydrogen-bond donors (Lipinski definition) is 1. The first-order valence-electron chi connectivity index (χ1n) is 9.18. The Bertz CT molecular complexity index is 940. The average molecular weight is 379 g/mol. The van der Waals surface area contributed by atoms with Crippen molar-refractivity contribution in [1.29, 1.82) is 0 Å². The number of nitrogens with one attached hydrogen (secondary N) is 1. The molecule has 1 heterocycles. The summed E-state index contributed by atoms with van der Waals surface area (Å²) in [6, 6.07) is 14.8. The molecule has 0 aliphatic carbocycles. The summed E-state index contributed by atoms with van der Waals surface area (Å²) in [5.41, 5.74) is 2.44. The molecule has 0 saturated heterocycles. The molecule has 0 saturated carbocycles. The zero-order chi connectivity index (χ0) is 20.1. The van der Waals surface area contributed by atoms with Crippen molar-refractivity contribution in [3.63, 3.8) is 0 Å². The Morgan fingerprint density at radius 2 is 1.89 bits per heavy atom. The van der Waals surface area contributed by atoms with Crippen molar-refractivity contribution < 1.29 is 14.1 Å². The van der Waals surface area contributed by atoms with Gasteiger partial charge in [0.15, 0.2) is 0 Å². The third-order valence-corrected chi connectivity index (χ3v) is 4.14. The molecule has 1 amide bonds. The fourth-order valence-corrected chi connectivity index (χ4v) is 2.74. The van der Waals surface area contributed by atoms with Crippen molar-refractivity contribution in [1.82, 2.24) is 15.5 Å². The number of carbonyl (C=O) groups excluding carboxylic acids is 1. The van der Waals surface area contributed by atoms with E-state index in [-0.39, 0.29) is 11.3 Å². The van der Waals surface area contributed by atoms with E-state index in [2.05, 4.69) is 36.2 Å². The molecular weight excluding hydrogens is 354 g/mol. The van der Waals surface area contributed by atoms with Gasteiger partial charge in [0.25, 0.3) is 5.91 Å². The molecule has 0 aliphatic heterocycles. The van der Waals surface area contributed by atoms with E-state index in [1.807, 2.05) is 36.4 Å². The van der Waals surface area contributed by atoms with Gasteiger partial charge in [0.05, 0.1) is 7.11 Å². The van der Waals surface area contributed by atoms with Gasteiger partial charge in [0.2, 0.25) is 11.7 Å². The standard InChI is InChI=1S/C22H25N3O3/c1-22(2,3)13-19-24-20(25-28-19)16-8-10-17(11-9-16)21(26)23-14-15-6-5-7-18(12-15)27-4/h5-12H,13-14H2,1-4H3,(H,23,26). The Morgan fingerprint density at radius 1 is 1.14 bits per heavy atom. The SMILES string of the molecule is COc1cccc(CNC(=O)c2ccc(-c3noc(CC(C)(C)C)n3)cc2)c1. The highest BCUT2D eigenvalue weighted by atomic mass is 16.5. The summed E-state index contributed by atoms with van der Waals surface area (Å²) in [4.78, 5) is 16.8. The van der Waals surface area contributed by atoms with Gasteiger partial charge >= 0.3 is 0 Å². The number of aromatic nitrogens is 2. The molecule has 3 aromatic rings. The van der Waals surface area contributed by atoms with Crippen LogP contribution in [0.25, 0.3) is 11.4 Å². The highest BCUT2D eigenvalue weighted by Crippen LogP contribution is 2.22. The monoisotopic (exact) mass is 379 g/mol. The molecule has 6 nitrogen and oxygen atoms in total. The second kappa shape index (κ2) is 8.25. The summed E-state index contributed by atoms with van der Waals surface area (Å²) in [7, 11) is 1.62. The predicted octanol–water partition coefficient (Wildman–Crippen LogP) is 4.26. The number of hydrogen-bond acceptors (Lipinski definition) is 5. The number of ether oxygens (including phenoxy) is 1. The summed E-state index contributed by atoms with van der Waals surface area (Å²) in [5, 5.41) is 6.95. The summed E-state index contributed by atoms with van der Waals surface area (Å²) in [5.74, 6) is 1.77. The van der Waals surface area contributed by atoms with Gasteiger partial charge in [0, 0.05) is 24.1 Å². The van der Waals surface area contributed by atoms with E-state index in [4.69, 9.17) is 9.26 Å². The van der Waals surface area contributed by atoms with Crippen LogP contribution in [-0.2, 0) is 13.0 Å². The lowest BCUT2D eigenvalue weighted by Crippen LogP contribution is -2.22. The third kappa shape index (κ3) is 5.19. The highest BCUT2D eigenvalue weighted by Gasteiger charge is 2.17. The van der Waals surface area contributed by atoms with E-state index < -0.39 is 0 Å². The van der Waals surface area contributed by atoms with Crippen LogP contribution < -0.4 is 10.1 Å². The summed E-state index contributed by atoms with van der Waals surface area (Å²) in [6.45, 7) is 6.79. The minimum absolute atomic E-state index is 0.0779. The van der Waals surface area contributed by atoms with Crippen LogP contribution in [-0.4, -0.2) is 23.2 Å². The first-order chi connectivity index (χ1) is 13.3. The first kappa shape index (κ1) is 19.6. The van der Waals surface area contributed by atoms with Crippen LogP contribution in [0.1, 0.15) is 42.6 Å². The molecule has 0 aliphatic rings. The second-order valence-electron chi connectivity index (χ2n) is 7.86.